The minimum absolute atomic E-state index is 0.214. The molecule has 3 amide bonds. The average Bonchev–Trinajstić information content (AvgIpc) is 2.99. The molecule has 1 saturated heterocycles. The van der Waals surface area contributed by atoms with Crippen LogP contribution in [0.4, 0.5) is 5.69 Å². The van der Waals surface area contributed by atoms with E-state index in [1.807, 2.05) is 24.3 Å². The predicted molar refractivity (Wildman–Crippen MR) is 104 cm³/mol. The smallest absolute Gasteiger partial charge is 0.262 e. The summed E-state index contributed by atoms with van der Waals surface area (Å²) >= 11 is 0. The van der Waals surface area contributed by atoms with E-state index in [-0.39, 0.29) is 12.5 Å². The van der Waals surface area contributed by atoms with Gasteiger partial charge >= 0.3 is 0 Å². The monoisotopic (exact) mass is 379 g/mol. The lowest BCUT2D eigenvalue weighted by Gasteiger charge is -2.37. The van der Waals surface area contributed by atoms with Crippen LogP contribution in [0.1, 0.15) is 20.7 Å². The summed E-state index contributed by atoms with van der Waals surface area (Å²) in [6.07, 6.45) is 0. The highest BCUT2D eigenvalue weighted by molar-refractivity contribution is 6.22. The lowest BCUT2D eigenvalue weighted by atomic mass is 10.1. The van der Waals surface area contributed by atoms with Crippen molar-refractivity contribution in [2.45, 2.75) is 0 Å². The minimum Gasteiger partial charge on any atom is -0.495 e. The van der Waals surface area contributed by atoms with E-state index in [0.717, 1.165) is 16.3 Å². The summed E-state index contributed by atoms with van der Waals surface area (Å²) in [6, 6.07) is 14.4. The summed E-state index contributed by atoms with van der Waals surface area (Å²) in [5.74, 6) is -0.217. The Bertz CT molecular complexity index is 900. The molecule has 28 heavy (non-hydrogen) atoms. The third-order valence-electron chi connectivity index (χ3n) is 5.23. The predicted octanol–water partition coefficient (Wildman–Crippen LogP) is 1.64. The maximum atomic E-state index is 12.7. The number of amides is 3. The van der Waals surface area contributed by atoms with Crippen LogP contribution in [0.2, 0.25) is 0 Å². The molecule has 2 heterocycles. The molecule has 0 unspecified atom stereocenters. The highest BCUT2D eigenvalue weighted by Crippen LogP contribution is 2.28. The topological polar surface area (TPSA) is 70.2 Å². The lowest BCUT2D eigenvalue weighted by molar-refractivity contribution is -0.131. The summed E-state index contributed by atoms with van der Waals surface area (Å²) in [6.45, 7) is 2.16. The van der Waals surface area contributed by atoms with E-state index in [2.05, 4.69) is 4.90 Å². The number of anilines is 1. The normalized spacial score (nSPS) is 16.4. The van der Waals surface area contributed by atoms with Crippen LogP contribution in [-0.2, 0) is 4.79 Å². The second kappa shape index (κ2) is 7.34. The van der Waals surface area contributed by atoms with E-state index in [1.54, 1.807) is 36.3 Å². The first-order valence-electron chi connectivity index (χ1n) is 9.21. The Balaban J connectivity index is 1.39. The van der Waals surface area contributed by atoms with Crippen molar-refractivity contribution in [1.29, 1.82) is 0 Å². The Morgan fingerprint density at radius 1 is 0.893 bits per heavy atom. The number of benzene rings is 2. The van der Waals surface area contributed by atoms with Crippen LogP contribution < -0.4 is 9.64 Å². The van der Waals surface area contributed by atoms with Gasteiger partial charge in [-0.1, -0.05) is 24.3 Å². The Kier molecular flexibility index (Phi) is 4.73. The van der Waals surface area contributed by atoms with E-state index >= 15 is 0 Å². The summed E-state index contributed by atoms with van der Waals surface area (Å²) in [5, 5.41) is 0. The number of rotatable bonds is 4. The molecule has 7 nitrogen and oxygen atoms in total. The van der Waals surface area contributed by atoms with Gasteiger partial charge in [-0.25, -0.2) is 0 Å². The Morgan fingerprint density at radius 3 is 2.07 bits per heavy atom. The van der Waals surface area contributed by atoms with Gasteiger partial charge in [0, 0.05) is 26.2 Å². The number of ether oxygens (including phenoxy) is 1. The molecule has 0 atom stereocenters. The molecule has 2 aliphatic heterocycles. The van der Waals surface area contributed by atoms with Crippen molar-refractivity contribution in [2.24, 2.45) is 0 Å². The molecule has 0 radical (unpaired) electrons. The number of methoxy groups -OCH3 is 1. The van der Waals surface area contributed by atoms with Gasteiger partial charge < -0.3 is 14.5 Å². The number of imide groups is 1. The summed E-state index contributed by atoms with van der Waals surface area (Å²) in [7, 11) is 1.64. The first-order valence-corrected chi connectivity index (χ1v) is 9.21. The molecule has 2 aliphatic rings. The number of carbonyl (C=O) groups excluding carboxylic acids is 3. The van der Waals surface area contributed by atoms with Crippen molar-refractivity contribution in [1.82, 2.24) is 9.80 Å². The molecule has 4 rings (SSSR count). The third-order valence-corrected chi connectivity index (χ3v) is 5.23. The van der Waals surface area contributed by atoms with Crippen LogP contribution >= 0.6 is 0 Å². The lowest BCUT2D eigenvalue weighted by Crippen LogP contribution is -2.52. The quantitative estimate of drug-likeness (QED) is 0.756. The number of fused-ring (bicyclic) bond motifs is 1. The van der Waals surface area contributed by atoms with Gasteiger partial charge in [-0.2, -0.15) is 0 Å². The minimum atomic E-state index is -0.401. The fourth-order valence-electron chi connectivity index (χ4n) is 3.71. The second-order valence-corrected chi connectivity index (χ2v) is 6.78. The van der Waals surface area contributed by atoms with E-state index in [4.69, 9.17) is 4.74 Å². The van der Waals surface area contributed by atoms with Crippen molar-refractivity contribution in [3.63, 3.8) is 0 Å². The highest BCUT2D eigenvalue weighted by Gasteiger charge is 2.37. The molecule has 144 valence electrons. The number of hydrogen-bond acceptors (Lipinski definition) is 5. The van der Waals surface area contributed by atoms with Crippen molar-refractivity contribution >= 4 is 23.4 Å². The van der Waals surface area contributed by atoms with E-state index in [9.17, 15) is 14.4 Å². The zero-order valence-corrected chi connectivity index (χ0v) is 15.6. The van der Waals surface area contributed by atoms with Gasteiger partial charge in [0.15, 0.2) is 0 Å². The molecule has 0 bridgehead atoms. The Morgan fingerprint density at radius 2 is 1.46 bits per heavy atom. The van der Waals surface area contributed by atoms with Crippen molar-refractivity contribution in [3.8, 4) is 5.75 Å². The van der Waals surface area contributed by atoms with Crippen molar-refractivity contribution in [3.05, 3.63) is 59.7 Å². The van der Waals surface area contributed by atoms with Gasteiger partial charge in [0.1, 0.15) is 12.3 Å². The third kappa shape index (κ3) is 3.09. The molecule has 7 heteroatoms. The molecular formula is C21H21N3O4. The zero-order valence-electron chi connectivity index (χ0n) is 15.6. The first-order chi connectivity index (χ1) is 13.6. The van der Waals surface area contributed by atoms with Gasteiger partial charge in [-0.05, 0) is 24.3 Å². The van der Waals surface area contributed by atoms with Gasteiger partial charge in [-0.3, -0.25) is 19.3 Å². The van der Waals surface area contributed by atoms with Crippen molar-refractivity contribution < 1.29 is 19.1 Å². The van der Waals surface area contributed by atoms with Crippen LogP contribution in [-0.4, -0.2) is 67.4 Å². The van der Waals surface area contributed by atoms with E-state index < -0.39 is 11.8 Å². The Hall–Kier alpha value is -3.35. The number of para-hydroxylation sites is 2. The van der Waals surface area contributed by atoms with Crippen LogP contribution in [0.5, 0.6) is 5.75 Å². The number of piperazine rings is 1. The number of hydrogen-bond donors (Lipinski definition) is 0. The van der Waals surface area contributed by atoms with E-state index in [0.29, 0.717) is 37.3 Å². The van der Waals surface area contributed by atoms with Crippen LogP contribution in [0.25, 0.3) is 0 Å². The second-order valence-electron chi connectivity index (χ2n) is 6.78. The fraction of sp³-hybridized carbons (Fsp3) is 0.286. The number of nitrogens with zero attached hydrogens (tertiary/aromatic N) is 3. The van der Waals surface area contributed by atoms with E-state index in [1.165, 1.54) is 0 Å². The maximum absolute atomic E-state index is 12.7. The average molecular weight is 379 g/mol. The highest BCUT2D eigenvalue weighted by atomic mass is 16.5. The van der Waals surface area contributed by atoms with Gasteiger partial charge in [0.25, 0.3) is 11.8 Å². The number of carbonyl (C=O) groups is 3. The molecule has 0 saturated carbocycles. The largest absolute Gasteiger partial charge is 0.495 e. The zero-order chi connectivity index (χ0) is 19.7. The van der Waals surface area contributed by atoms with Crippen LogP contribution in [0.3, 0.4) is 0 Å². The first kappa shape index (κ1) is 18.0. The van der Waals surface area contributed by atoms with Crippen LogP contribution in [0.15, 0.2) is 48.5 Å². The molecule has 0 spiro atoms. The Labute approximate surface area is 163 Å². The summed E-state index contributed by atoms with van der Waals surface area (Å²) in [5.41, 5.74) is 1.72. The summed E-state index contributed by atoms with van der Waals surface area (Å²) < 4.78 is 5.41. The standard InChI is InChI=1S/C21H21N3O4/c1-28-18-9-5-4-8-17(18)22-10-12-23(13-11-22)19(25)14-24-20(26)15-6-2-3-7-16(15)21(24)27/h2-9H,10-14H2,1H3. The molecule has 0 aromatic heterocycles. The molecular weight excluding hydrogens is 358 g/mol. The van der Waals surface area contributed by atoms with Gasteiger partial charge in [-0.15, -0.1) is 0 Å². The maximum Gasteiger partial charge on any atom is 0.262 e. The van der Waals surface area contributed by atoms with Crippen LogP contribution in [0, 0.1) is 0 Å². The summed E-state index contributed by atoms with van der Waals surface area (Å²) in [4.78, 5) is 42.5. The molecule has 0 aliphatic carbocycles. The fourth-order valence-corrected chi connectivity index (χ4v) is 3.71. The van der Waals surface area contributed by atoms with Gasteiger partial charge in [0.05, 0.1) is 23.9 Å². The molecule has 1 fully saturated rings. The molecule has 0 N–H and O–H groups in total. The molecule has 2 aromatic carbocycles. The van der Waals surface area contributed by atoms with Gasteiger partial charge in [0.2, 0.25) is 5.91 Å². The van der Waals surface area contributed by atoms with Crippen molar-refractivity contribution in [2.75, 3.05) is 44.7 Å². The SMILES string of the molecule is COc1ccccc1N1CCN(C(=O)CN2C(=O)c3ccccc3C2=O)CC1. The molecule has 2 aromatic rings.